The fourth-order valence-electron chi connectivity index (χ4n) is 5.16. The van der Waals surface area contributed by atoms with Crippen LogP contribution >= 0.6 is 23.2 Å². The number of carboxylic acids is 1. The molecule has 1 aliphatic heterocycles. The minimum absolute atomic E-state index is 0.125. The summed E-state index contributed by atoms with van der Waals surface area (Å²) in [6, 6.07) is 14.6. The van der Waals surface area contributed by atoms with Crippen LogP contribution in [-0.2, 0) is 9.59 Å². The molecule has 164 valence electrons. The number of nitrogens with zero attached hydrogens (tertiary/aromatic N) is 1. The second-order valence-electron chi connectivity index (χ2n) is 8.55. The molecule has 7 heteroatoms. The largest absolute Gasteiger partial charge is 0.481 e. The second kappa shape index (κ2) is 9.19. The van der Waals surface area contributed by atoms with Crippen molar-refractivity contribution in [3.63, 3.8) is 0 Å². The first-order valence-corrected chi connectivity index (χ1v) is 11.3. The lowest BCUT2D eigenvalue weighted by molar-refractivity contribution is -0.152. The quantitative estimate of drug-likeness (QED) is 0.652. The Bertz CT molecular complexity index is 964. The topological polar surface area (TPSA) is 77.8 Å². The predicted octanol–water partition coefficient (Wildman–Crippen LogP) is 5.05. The fourth-order valence-corrected chi connectivity index (χ4v) is 5.49. The van der Waals surface area contributed by atoms with Crippen LogP contribution in [0.1, 0.15) is 55.2 Å². The van der Waals surface area contributed by atoms with Gasteiger partial charge in [-0.15, -0.1) is 0 Å². The minimum atomic E-state index is -0.987. The van der Waals surface area contributed by atoms with Gasteiger partial charge in [-0.25, -0.2) is 0 Å². The molecule has 5 atom stereocenters. The van der Waals surface area contributed by atoms with Crippen LogP contribution in [-0.4, -0.2) is 39.1 Å². The SMILES string of the molecule is O=C(O)CC1C[C@H](c2cccc(Cl)c2)[C@@H](c2ccc(Cl)cc2)N([C@H]2CC[C@@H](O)C2)C1=O. The Morgan fingerprint density at radius 3 is 2.35 bits per heavy atom. The number of amides is 1. The molecule has 1 heterocycles. The molecule has 1 saturated heterocycles. The van der Waals surface area contributed by atoms with Crippen molar-refractivity contribution >= 4 is 35.1 Å². The molecular formula is C24H25Cl2NO4. The van der Waals surface area contributed by atoms with Gasteiger partial charge in [-0.1, -0.05) is 47.5 Å². The Morgan fingerprint density at radius 2 is 1.74 bits per heavy atom. The van der Waals surface area contributed by atoms with Crippen LogP contribution in [0.4, 0.5) is 0 Å². The molecule has 2 aromatic carbocycles. The van der Waals surface area contributed by atoms with E-state index in [0.717, 1.165) is 11.1 Å². The molecule has 5 nitrogen and oxygen atoms in total. The first-order chi connectivity index (χ1) is 14.8. The molecule has 4 rings (SSSR count). The number of hydrogen-bond acceptors (Lipinski definition) is 3. The fraction of sp³-hybridized carbons (Fsp3) is 0.417. The molecule has 0 spiro atoms. The number of carbonyl (C=O) groups is 2. The Kier molecular flexibility index (Phi) is 6.56. The molecule has 1 saturated carbocycles. The zero-order valence-corrected chi connectivity index (χ0v) is 18.5. The van der Waals surface area contributed by atoms with E-state index in [1.54, 1.807) is 18.2 Å². The minimum Gasteiger partial charge on any atom is -0.481 e. The summed E-state index contributed by atoms with van der Waals surface area (Å²) in [5.74, 6) is -1.89. The number of carboxylic acid groups (broad SMARTS) is 1. The third kappa shape index (κ3) is 4.74. The van der Waals surface area contributed by atoms with Crippen LogP contribution in [0.15, 0.2) is 48.5 Å². The van der Waals surface area contributed by atoms with Gasteiger partial charge >= 0.3 is 5.97 Å². The maximum Gasteiger partial charge on any atom is 0.304 e. The number of halogens is 2. The van der Waals surface area contributed by atoms with Gasteiger partial charge in [-0.05, 0) is 61.1 Å². The number of carbonyl (C=O) groups excluding carboxylic acids is 1. The average molecular weight is 462 g/mol. The maximum absolute atomic E-state index is 13.6. The zero-order chi connectivity index (χ0) is 22.1. The molecule has 0 radical (unpaired) electrons. The monoisotopic (exact) mass is 461 g/mol. The molecule has 2 fully saturated rings. The lowest BCUT2D eigenvalue weighted by atomic mass is 9.74. The molecular weight excluding hydrogens is 437 g/mol. The summed E-state index contributed by atoms with van der Waals surface area (Å²) in [6.07, 6.45) is 1.58. The summed E-state index contributed by atoms with van der Waals surface area (Å²) in [7, 11) is 0. The van der Waals surface area contributed by atoms with Gasteiger partial charge in [0.2, 0.25) is 5.91 Å². The van der Waals surface area contributed by atoms with Crippen molar-refractivity contribution in [3.05, 3.63) is 69.7 Å². The van der Waals surface area contributed by atoms with Crippen LogP contribution in [0.3, 0.4) is 0 Å². The zero-order valence-electron chi connectivity index (χ0n) is 17.0. The van der Waals surface area contributed by atoms with Crippen LogP contribution in [0, 0.1) is 5.92 Å². The van der Waals surface area contributed by atoms with E-state index >= 15 is 0 Å². The summed E-state index contributed by atoms with van der Waals surface area (Å²) < 4.78 is 0. The number of piperidine rings is 1. The summed E-state index contributed by atoms with van der Waals surface area (Å²) in [6.45, 7) is 0. The second-order valence-corrected chi connectivity index (χ2v) is 9.43. The first-order valence-electron chi connectivity index (χ1n) is 10.6. The van der Waals surface area contributed by atoms with Gasteiger partial charge in [-0.3, -0.25) is 9.59 Å². The van der Waals surface area contributed by atoms with Gasteiger partial charge in [0.15, 0.2) is 0 Å². The highest BCUT2D eigenvalue weighted by atomic mass is 35.5. The Balaban J connectivity index is 1.83. The van der Waals surface area contributed by atoms with E-state index in [2.05, 4.69) is 0 Å². The van der Waals surface area contributed by atoms with Crippen LogP contribution in [0.5, 0.6) is 0 Å². The normalized spacial score (nSPS) is 28.7. The van der Waals surface area contributed by atoms with Crippen LogP contribution in [0.2, 0.25) is 10.0 Å². The average Bonchev–Trinajstić information content (AvgIpc) is 3.15. The van der Waals surface area contributed by atoms with E-state index in [0.29, 0.717) is 35.7 Å². The van der Waals surface area contributed by atoms with Crippen molar-refractivity contribution in [3.8, 4) is 0 Å². The highest BCUT2D eigenvalue weighted by molar-refractivity contribution is 6.30. The van der Waals surface area contributed by atoms with Crippen molar-refractivity contribution in [1.82, 2.24) is 4.90 Å². The molecule has 2 aromatic rings. The number of benzene rings is 2. The Morgan fingerprint density at radius 1 is 1.00 bits per heavy atom. The summed E-state index contributed by atoms with van der Waals surface area (Å²) in [5.41, 5.74) is 1.91. The number of aliphatic hydroxyl groups excluding tert-OH is 1. The van der Waals surface area contributed by atoms with Gasteiger partial charge in [0.05, 0.1) is 18.6 Å². The Hall–Kier alpha value is -2.08. The molecule has 2 N–H and O–H groups in total. The molecule has 1 unspecified atom stereocenters. The third-order valence-corrected chi connectivity index (χ3v) is 6.99. The van der Waals surface area contributed by atoms with Gasteiger partial charge in [-0.2, -0.15) is 0 Å². The lowest BCUT2D eigenvalue weighted by Crippen LogP contribution is -2.51. The van der Waals surface area contributed by atoms with E-state index in [1.165, 1.54) is 0 Å². The summed E-state index contributed by atoms with van der Waals surface area (Å²) in [5, 5.41) is 20.8. The number of aliphatic carboxylic acids is 1. The van der Waals surface area contributed by atoms with Gasteiger partial charge in [0.25, 0.3) is 0 Å². The molecule has 31 heavy (non-hydrogen) atoms. The van der Waals surface area contributed by atoms with Crippen LogP contribution < -0.4 is 0 Å². The van der Waals surface area contributed by atoms with E-state index in [9.17, 15) is 19.8 Å². The van der Waals surface area contributed by atoms with E-state index < -0.39 is 18.0 Å². The molecule has 1 aliphatic carbocycles. The van der Waals surface area contributed by atoms with Crippen molar-refractivity contribution in [1.29, 1.82) is 0 Å². The first kappa shape index (κ1) is 22.1. The van der Waals surface area contributed by atoms with Crippen molar-refractivity contribution in [2.45, 2.75) is 56.2 Å². The van der Waals surface area contributed by atoms with Crippen molar-refractivity contribution in [2.24, 2.45) is 5.92 Å². The predicted molar refractivity (Wildman–Crippen MR) is 119 cm³/mol. The highest BCUT2D eigenvalue weighted by Gasteiger charge is 2.47. The lowest BCUT2D eigenvalue weighted by Gasteiger charge is -2.47. The smallest absolute Gasteiger partial charge is 0.304 e. The number of rotatable bonds is 5. The number of aliphatic hydroxyl groups is 1. The molecule has 1 amide bonds. The summed E-state index contributed by atoms with van der Waals surface area (Å²) >= 11 is 12.4. The van der Waals surface area contributed by atoms with Gasteiger partial charge in [0, 0.05) is 27.9 Å². The highest BCUT2D eigenvalue weighted by Crippen LogP contribution is 2.49. The third-order valence-electron chi connectivity index (χ3n) is 6.50. The van der Waals surface area contributed by atoms with E-state index in [4.69, 9.17) is 23.2 Å². The summed E-state index contributed by atoms with van der Waals surface area (Å²) in [4.78, 5) is 27.0. The Labute approximate surface area is 191 Å². The van der Waals surface area contributed by atoms with E-state index in [-0.39, 0.29) is 30.3 Å². The molecule has 0 aromatic heterocycles. The maximum atomic E-state index is 13.6. The number of likely N-dealkylation sites (tertiary alicyclic amines) is 1. The van der Waals surface area contributed by atoms with Crippen molar-refractivity contribution in [2.75, 3.05) is 0 Å². The van der Waals surface area contributed by atoms with Gasteiger partial charge < -0.3 is 15.1 Å². The van der Waals surface area contributed by atoms with Gasteiger partial charge in [0.1, 0.15) is 0 Å². The van der Waals surface area contributed by atoms with Crippen molar-refractivity contribution < 1.29 is 19.8 Å². The molecule has 0 bridgehead atoms. The standard InChI is InChI=1S/C24H25Cl2NO4/c25-17-6-4-14(5-7-17)23-21(15-2-1-3-18(26)10-15)11-16(12-22(29)30)24(31)27(23)19-8-9-20(28)13-19/h1-7,10,16,19-21,23,28H,8-9,11-13H2,(H,29,30)/t16?,19-,20+,21+,23+/m0/s1. The number of hydrogen-bond donors (Lipinski definition) is 2. The molecule has 2 aliphatic rings. The van der Waals surface area contributed by atoms with E-state index in [1.807, 2.05) is 35.2 Å². The van der Waals surface area contributed by atoms with Crippen LogP contribution in [0.25, 0.3) is 0 Å².